The van der Waals surface area contributed by atoms with Crippen LogP contribution in [0, 0.1) is 0 Å². The Morgan fingerprint density at radius 1 is 0.795 bits per heavy atom. The van der Waals surface area contributed by atoms with Crippen LogP contribution in [0.15, 0.2) is 0 Å². The number of aldehydes is 1. The highest BCUT2D eigenvalue weighted by atomic mass is 31.2. The molecule has 0 radical (unpaired) electrons. The zero-order chi connectivity index (χ0) is 29.4. The van der Waals surface area contributed by atoms with Gasteiger partial charge in [0.15, 0.2) is 6.10 Å². The molecule has 4 N–H and O–H groups in total. The van der Waals surface area contributed by atoms with Crippen molar-refractivity contribution in [2.45, 2.75) is 122 Å². The van der Waals surface area contributed by atoms with E-state index in [1.807, 2.05) is 0 Å². The van der Waals surface area contributed by atoms with Crippen molar-refractivity contribution in [3.8, 4) is 0 Å². The number of carbonyl (C=O) groups excluding carboxylic acids is 3. The van der Waals surface area contributed by atoms with Gasteiger partial charge >= 0.3 is 25.7 Å². The highest BCUT2D eigenvalue weighted by molar-refractivity contribution is 7.47. The monoisotopic (exact) mass is 581 g/mol. The van der Waals surface area contributed by atoms with E-state index in [0.717, 1.165) is 19.3 Å². The lowest BCUT2D eigenvalue weighted by molar-refractivity contribution is -0.161. The Morgan fingerprint density at radius 2 is 1.31 bits per heavy atom. The summed E-state index contributed by atoms with van der Waals surface area (Å²) in [4.78, 5) is 54.8. The van der Waals surface area contributed by atoms with Gasteiger partial charge in [-0.05, 0) is 6.42 Å². The second-order valence-electron chi connectivity index (χ2n) is 9.50. The topological polar surface area (TPSA) is 189 Å². The highest BCUT2D eigenvalue weighted by Crippen LogP contribution is 2.43. The third kappa shape index (κ3) is 23.7. The van der Waals surface area contributed by atoms with Crippen LogP contribution in [0.3, 0.4) is 0 Å². The SMILES string of the molecule is CCCCCCCCCCCCCCCC(=O)OC[C@H](COP(=O)(O)OC[C@H](N)C(=O)O)OC(=O)CCC=O. The minimum atomic E-state index is -4.73. The number of carboxylic acid groups (broad SMARTS) is 1. The minimum absolute atomic E-state index is 0.0834. The van der Waals surface area contributed by atoms with Crippen LogP contribution in [0.25, 0.3) is 0 Å². The number of rotatable bonds is 27. The first-order chi connectivity index (χ1) is 18.6. The number of hydrogen-bond donors (Lipinski definition) is 3. The van der Waals surface area contributed by atoms with Crippen LogP contribution in [-0.2, 0) is 42.3 Å². The second kappa shape index (κ2) is 24.0. The highest BCUT2D eigenvalue weighted by Gasteiger charge is 2.28. The molecular weight excluding hydrogens is 533 g/mol. The zero-order valence-corrected chi connectivity index (χ0v) is 24.2. The third-order valence-electron chi connectivity index (χ3n) is 5.84. The van der Waals surface area contributed by atoms with Crippen molar-refractivity contribution >= 4 is 32.0 Å². The number of unbranched alkanes of at least 4 members (excludes halogenated alkanes) is 12. The molecule has 0 saturated heterocycles. The van der Waals surface area contributed by atoms with Crippen LogP contribution in [0.2, 0.25) is 0 Å². The van der Waals surface area contributed by atoms with Crippen molar-refractivity contribution in [2.24, 2.45) is 5.73 Å². The number of aliphatic carboxylic acids is 1. The summed E-state index contributed by atoms with van der Waals surface area (Å²) in [6.45, 7) is 0.327. The molecule has 0 aromatic rings. The Kier molecular flexibility index (Phi) is 22.9. The minimum Gasteiger partial charge on any atom is -0.480 e. The summed E-state index contributed by atoms with van der Waals surface area (Å²) >= 11 is 0. The fourth-order valence-electron chi connectivity index (χ4n) is 3.54. The molecule has 0 heterocycles. The van der Waals surface area contributed by atoms with E-state index in [1.165, 1.54) is 57.8 Å². The Morgan fingerprint density at radius 3 is 1.82 bits per heavy atom. The third-order valence-corrected chi connectivity index (χ3v) is 6.79. The number of carboxylic acids is 1. The van der Waals surface area contributed by atoms with E-state index in [-0.39, 0.29) is 19.3 Å². The average Bonchev–Trinajstić information content (AvgIpc) is 2.90. The molecule has 39 heavy (non-hydrogen) atoms. The van der Waals surface area contributed by atoms with Crippen LogP contribution in [-0.4, -0.2) is 66.2 Å². The van der Waals surface area contributed by atoms with Gasteiger partial charge in [0.05, 0.1) is 19.6 Å². The van der Waals surface area contributed by atoms with Crippen molar-refractivity contribution in [1.29, 1.82) is 0 Å². The molecule has 13 heteroatoms. The Balaban J connectivity index is 4.24. The Bertz CT molecular complexity index is 735. The largest absolute Gasteiger partial charge is 0.480 e. The summed E-state index contributed by atoms with van der Waals surface area (Å²) in [5.41, 5.74) is 5.21. The van der Waals surface area contributed by atoms with Gasteiger partial charge in [-0.25, -0.2) is 4.57 Å². The first-order valence-corrected chi connectivity index (χ1v) is 15.5. The molecule has 0 bridgehead atoms. The number of hydrogen-bond acceptors (Lipinski definition) is 10. The fourth-order valence-corrected chi connectivity index (χ4v) is 4.32. The van der Waals surface area contributed by atoms with Crippen molar-refractivity contribution < 1.29 is 52.3 Å². The van der Waals surface area contributed by atoms with Crippen molar-refractivity contribution in [1.82, 2.24) is 0 Å². The number of phosphoric acid groups is 1. The summed E-state index contributed by atoms with van der Waals surface area (Å²) in [6, 6.07) is -1.54. The Labute approximate surface area is 231 Å². The molecule has 0 fully saturated rings. The van der Waals surface area contributed by atoms with E-state index in [4.69, 9.17) is 24.8 Å². The lowest BCUT2D eigenvalue weighted by atomic mass is 10.0. The average molecular weight is 582 g/mol. The maximum Gasteiger partial charge on any atom is 0.472 e. The Hall–Kier alpha value is -1.85. The van der Waals surface area contributed by atoms with E-state index in [2.05, 4.69) is 11.4 Å². The summed E-state index contributed by atoms with van der Waals surface area (Å²) in [7, 11) is -4.73. The summed E-state index contributed by atoms with van der Waals surface area (Å²) in [6.07, 6.45) is 14.5. The molecule has 0 aliphatic heterocycles. The molecule has 1 unspecified atom stereocenters. The first kappa shape index (κ1) is 37.1. The predicted molar refractivity (Wildman–Crippen MR) is 144 cm³/mol. The lowest BCUT2D eigenvalue weighted by Gasteiger charge is -2.20. The maximum atomic E-state index is 12.1. The van der Waals surface area contributed by atoms with Crippen molar-refractivity contribution in [3.05, 3.63) is 0 Å². The smallest absolute Gasteiger partial charge is 0.472 e. The van der Waals surface area contributed by atoms with E-state index in [9.17, 15) is 28.6 Å². The van der Waals surface area contributed by atoms with E-state index in [1.54, 1.807) is 0 Å². The van der Waals surface area contributed by atoms with Crippen LogP contribution in [0.1, 0.15) is 110 Å². The van der Waals surface area contributed by atoms with Crippen LogP contribution in [0.5, 0.6) is 0 Å². The van der Waals surface area contributed by atoms with Gasteiger partial charge in [0.1, 0.15) is 18.9 Å². The predicted octanol–water partition coefficient (Wildman–Crippen LogP) is 4.45. The fraction of sp³-hybridized carbons (Fsp3) is 0.846. The maximum absolute atomic E-state index is 12.1. The van der Waals surface area contributed by atoms with Gasteiger partial charge in [-0.15, -0.1) is 0 Å². The normalized spacial score (nSPS) is 14.2. The number of carbonyl (C=O) groups is 4. The van der Waals surface area contributed by atoms with Crippen molar-refractivity contribution in [2.75, 3.05) is 19.8 Å². The molecule has 0 aliphatic carbocycles. The molecular formula is C26H48NO11P. The second-order valence-corrected chi connectivity index (χ2v) is 11.0. The molecule has 0 saturated carbocycles. The van der Waals surface area contributed by atoms with E-state index < -0.39 is 57.7 Å². The molecule has 3 atom stereocenters. The van der Waals surface area contributed by atoms with Gasteiger partial charge in [-0.1, -0.05) is 84.0 Å². The van der Waals surface area contributed by atoms with Crippen LogP contribution in [0.4, 0.5) is 0 Å². The number of esters is 2. The van der Waals surface area contributed by atoms with Crippen molar-refractivity contribution in [3.63, 3.8) is 0 Å². The standard InChI is InChI=1S/C26H48NO11P/c1-2-3-4-5-6-7-8-9-10-11-12-13-14-16-24(29)35-19-22(38-25(30)17-15-18-28)20-36-39(33,34)37-21-23(27)26(31)32/h18,22-23H,2-17,19-21,27H2,1H3,(H,31,32)(H,33,34)/t22-,23+/m1/s1. The molecule has 0 aromatic heterocycles. The molecule has 0 spiro atoms. The van der Waals surface area contributed by atoms with Gasteiger partial charge in [0.2, 0.25) is 0 Å². The van der Waals surface area contributed by atoms with Gasteiger partial charge in [0.25, 0.3) is 0 Å². The summed E-state index contributed by atoms with van der Waals surface area (Å²) < 4.78 is 31.4. The van der Waals surface area contributed by atoms with Gasteiger partial charge in [-0.3, -0.25) is 23.4 Å². The molecule has 0 aromatic carbocycles. The van der Waals surface area contributed by atoms with Gasteiger partial charge in [-0.2, -0.15) is 0 Å². The number of ether oxygens (including phenoxy) is 2. The molecule has 0 aliphatic rings. The van der Waals surface area contributed by atoms with E-state index in [0.29, 0.717) is 12.7 Å². The number of phosphoric ester groups is 1. The van der Waals surface area contributed by atoms with E-state index >= 15 is 0 Å². The molecule has 228 valence electrons. The zero-order valence-electron chi connectivity index (χ0n) is 23.3. The number of nitrogens with two attached hydrogens (primary N) is 1. The quantitative estimate of drug-likeness (QED) is 0.0536. The lowest BCUT2D eigenvalue weighted by Crippen LogP contribution is -2.34. The van der Waals surface area contributed by atoms with Crippen LogP contribution < -0.4 is 5.73 Å². The van der Waals surface area contributed by atoms with Crippen LogP contribution >= 0.6 is 7.82 Å². The molecule has 12 nitrogen and oxygen atoms in total. The molecule has 0 rings (SSSR count). The first-order valence-electron chi connectivity index (χ1n) is 14.0. The summed E-state index contributed by atoms with van der Waals surface area (Å²) in [5.74, 6) is -2.74. The molecule has 0 amide bonds. The van der Waals surface area contributed by atoms with Gasteiger partial charge in [0, 0.05) is 12.8 Å². The van der Waals surface area contributed by atoms with Gasteiger partial charge < -0.3 is 30.0 Å². The summed E-state index contributed by atoms with van der Waals surface area (Å²) in [5, 5.41) is 8.71.